The Balaban J connectivity index is 2.29. The number of anilines is 1. The van der Waals surface area contributed by atoms with Crippen molar-refractivity contribution >= 4 is 17.7 Å². The first-order valence-corrected chi connectivity index (χ1v) is 6.44. The topological polar surface area (TPSA) is 40.5 Å². The third kappa shape index (κ3) is 3.34. The highest BCUT2D eigenvalue weighted by atomic mass is 19.1. The molecule has 2 unspecified atom stereocenters. The van der Waals surface area contributed by atoms with E-state index in [1.54, 1.807) is 0 Å². The van der Waals surface area contributed by atoms with Gasteiger partial charge in [0.2, 0.25) is 0 Å². The molecule has 102 valence electrons. The van der Waals surface area contributed by atoms with E-state index in [4.69, 9.17) is 5.11 Å². The molecule has 1 aliphatic rings. The lowest BCUT2D eigenvalue weighted by Crippen LogP contribution is -2.26. The largest absolute Gasteiger partial charge is 0.478 e. The molecule has 2 rings (SSSR count). The van der Waals surface area contributed by atoms with Gasteiger partial charge in [-0.25, -0.2) is 9.18 Å². The van der Waals surface area contributed by atoms with Crippen LogP contribution in [-0.2, 0) is 4.79 Å². The summed E-state index contributed by atoms with van der Waals surface area (Å²) in [5.74, 6) is -0.778. The second-order valence-electron chi connectivity index (χ2n) is 5.26. The number of aliphatic carboxylic acids is 1. The molecule has 0 saturated carbocycles. The molecule has 3 nitrogen and oxygen atoms in total. The summed E-state index contributed by atoms with van der Waals surface area (Å²) in [7, 11) is 0. The molecule has 2 atom stereocenters. The van der Waals surface area contributed by atoms with E-state index in [-0.39, 0.29) is 5.82 Å². The number of rotatable bonds is 3. The summed E-state index contributed by atoms with van der Waals surface area (Å²) in [6, 6.07) is 5.06. The maximum absolute atomic E-state index is 13.6. The molecular weight excluding hydrogens is 245 g/mol. The maximum atomic E-state index is 13.6. The number of carboxylic acids is 1. The molecule has 1 aromatic rings. The number of hydrogen-bond donors (Lipinski definition) is 1. The predicted octanol–water partition coefficient (Wildman–Crippen LogP) is 3.16. The quantitative estimate of drug-likeness (QED) is 0.852. The van der Waals surface area contributed by atoms with Crippen molar-refractivity contribution in [3.05, 3.63) is 35.7 Å². The van der Waals surface area contributed by atoms with Crippen molar-refractivity contribution in [2.24, 2.45) is 5.92 Å². The van der Waals surface area contributed by atoms with E-state index in [0.29, 0.717) is 17.5 Å². The Bertz CT molecular complexity index is 513. The molecule has 1 saturated heterocycles. The number of carboxylic acid groups (broad SMARTS) is 1. The summed E-state index contributed by atoms with van der Waals surface area (Å²) in [5.41, 5.74) is 1.39. The van der Waals surface area contributed by atoms with Crippen LogP contribution in [0, 0.1) is 11.7 Å². The van der Waals surface area contributed by atoms with Crippen LogP contribution < -0.4 is 4.90 Å². The summed E-state index contributed by atoms with van der Waals surface area (Å²) in [6.45, 7) is 5.22. The van der Waals surface area contributed by atoms with Crippen molar-refractivity contribution in [1.82, 2.24) is 0 Å². The third-order valence-electron chi connectivity index (χ3n) is 3.44. The first kappa shape index (κ1) is 13.6. The standard InChI is InChI=1S/C15H18FNO2/c1-10-5-11(2)17(9-10)14-7-12(3-4-15(18)19)6-13(16)8-14/h3-4,6-8,10-11H,5,9H2,1-2H3,(H,18,19)/b4-3+. The highest BCUT2D eigenvalue weighted by molar-refractivity contribution is 5.85. The van der Waals surface area contributed by atoms with Crippen LogP contribution in [0.4, 0.5) is 10.1 Å². The molecule has 0 aliphatic carbocycles. The molecular formula is C15H18FNO2. The molecule has 0 radical (unpaired) electrons. The van der Waals surface area contributed by atoms with Crippen LogP contribution in [0.3, 0.4) is 0 Å². The molecule has 0 bridgehead atoms. The monoisotopic (exact) mass is 263 g/mol. The molecule has 19 heavy (non-hydrogen) atoms. The van der Waals surface area contributed by atoms with E-state index >= 15 is 0 Å². The minimum atomic E-state index is -1.03. The van der Waals surface area contributed by atoms with Gasteiger partial charge in [-0.3, -0.25) is 0 Å². The zero-order valence-electron chi connectivity index (χ0n) is 11.1. The van der Waals surface area contributed by atoms with Gasteiger partial charge in [0.15, 0.2) is 0 Å². The van der Waals surface area contributed by atoms with Crippen LogP contribution in [0.2, 0.25) is 0 Å². The minimum absolute atomic E-state index is 0.339. The van der Waals surface area contributed by atoms with Crippen molar-refractivity contribution in [2.75, 3.05) is 11.4 Å². The highest BCUT2D eigenvalue weighted by Gasteiger charge is 2.26. The van der Waals surface area contributed by atoms with Crippen LogP contribution in [-0.4, -0.2) is 23.7 Å². The normalized spacial score (nSPS) is 23.2. The molecule has 1 aliphatic heterocycles. The Morgan fingerprint density at radius 2 is 2.16 bits per heavy atom. The van der Waals surface area contributed by atoms with Crippen molar-refractivity contribution in [3.8, 4) is 0 Å². The average molecular weight is 263 g/mol. The Labute approximate surface area is 112 Å². The molecule has 1 heterocycles. The molecule has 1 N–H and O–H groups in total. The lowest BCUT2D eigenvalue weighted by Gasteiger charge is -2.24. The number of halogens is 1. The fourth-order valence-electron chi connectivity index (χ4n) is 2.69. The summed E-state index contributed by atoms with van der Waals surface area (Å²) in [5, 5.41) is 8.61. The van der Waals surface area contributed by atoms with Gasteiger partial charge in [-0.1, -0.05) is 6.92 Å². The lowest BCUT2D eigenvalue weighted by molar-refractivity contribution is -0.131. The van der Waals surface area contributed by atoms with E-state index in [2.05, 4.69) is 18.7 Å². The fourth-order valence-corrected chi connectivity index (χ4v) is 2.69. The lowest BCUT2D eigenvalue weighted by atomic mass is 10.1. The average Bonchev–Trinajstić information content (AvgIpc) is 2.65. The van der Waals surface area contributed by atoms with Gasteiger partial charge < -0.3 is 10.0 Å². The second-order valence-corrected chi connectivity index (χ2v) is 5.26. The number of nitrogens with zero attached hydrogens (tertiary/aromatic N) is 1. The first-order chi connectivity index (χ1) is 8.95. The number of hydrogen-bond acceptors (Lipinski definition) is 2. The van der Waals surface area contributed by atoms with Gasteiger partial charge in [-0.15, -0.1) is 0 Å². The Kier molecular flexibility index (Phi) is 3.88. The third-order valence-corrected chi connectivity index (χ3v) is 3.44. The van der Waals surface area contributed by atoms with Crippen LogP contribution in [0.15, 0.2) is 24.3 Å². The number of carbonyl (C=O) groups is 1. The van der Waals surface area contributed by atoms with Crippen molar-refractivity contribution in [2.45, 2.75) is 26.3 Å². The van der Waals surface area contributed by atoms with Gasteiger partial charge in [0, 0.05) is 24.4 Å². The van der Waals surface area contributed by atoms with Gasteiger partial charge in [-0.05, 0) is 49.1 Å². The Morgan fingerprint density at radius 1 is 1.42 bits per heavy atom. The van der Waals surface area contributed by atoms with E-state index in [0.717, 1.165) is 24.7 Å². The first-order valence-electron chi connectivity index (χ1n) is 6.44. The van der Waals surface area contributed by atoms with Gasteiger partial charge in [-0.2, -0.15) is 0 Å². The number of benzene rings is 1. The van der Waals surface area contributed by atoms with E-state index in [9.17, 15) is 9.18 Å². The van der Waals surface area contributed by atoms with Gasteiger partial charge in [0.1, 0.15) is 5.82 Å². The van der Waals surface area contributed by atoms with E-state index in [1.165, 1.54) is 18.2 Å². The fraction of sp³-hybridized carbons (Fsp3) is 0.400. The van der Waals surface area contributed by atoms with Gasteiger partial charge >= 0.3 is 5.97 Å². The van der Waals surface area contributed by atoms with Gasteiger partial charge in [0.05, 0.1) is 0 Å². The van der Waals surface area contributed by atoms with Gasteiger partial charge in [0.25, 0.3) is 0 Å². The zero-order chi connectivity index (χ0) is 14.0. The Hall–Kier alpha value is -1.84. The zero-order valence-corrected chi connectivity index (χ0v) is 11.1. The minimum Gasteiger partial charge on any atom is -0.478 e. The summed E-state index contributed by atoms with van der Waals surface area (Å²) in [4.78, 5) is 12.7. The second kappa shape index (κ2) is 5.43. The molecule has 0 amide bonds. The Morgan fingerprint density at radius 3 is 2.74 bits per heavy atom. The molecule has 1 aromatic carbocycles. The van der Waals surface area contributed by atoms with Crippen molar-refractivity contribution in [1.29, 1.82) is 0 Å². The molecule has 0 spiro atoms. The predicted molar refractivity (Wildman–Crippen MR) is 73.7 cm³/mol. The van der Waals surface area contributed by atoms with E-state index in [1.807, 2.05) is 6.07 Å². The molecule has 4 heteroatoms. The van der Waals surface area contributed by atoms with E-state index < -0.39 is 5.97 Å². The highest BCUT2D eigenvalue weighted by Crippen LogP contribution is 2.30. The van der Waals surface area contributed by atoms with Crippen LogP contribution in [0.1, 0.15) is 25.8 Å². The van der Waals surface area contributed by atoms with Crippen molar-refractivity contribution < 1.29 is 14.3 Å². The van der Waals surface area contributed by atoms with Crippen LogP contribution >= 0.6 is 0 Å². The summed E-state index contributed by atoms with van der Waals surface area (Å²) >= 11 is 0. The summed E-state index contributed by atoms with van der Waals surface area (Å²) in [6.07, 6.45) is 3.53. The van der Waals surface area contributed by atoms with Crippen LogP contribution in [0.5, 0.6) is 0 Å². The SMILES string of the molecule is CC1CC(C)N(c2cc(F)cc(/C=C/C(=O)O)c2)C1. The van der Waals surface area contributed by atoms with Crippen molar-refractivity contribution in [3.63, 3.8) is 0 Å². The molecule has 0 aromatic heterocycles. The maximum Gasteiger partial charge on any atom is 0.328 e. The smallest absolute Gasteiger partial charge is 0.328 e. The summed E-state index contributed by atoms with van der Waals surface area (Å²) < 4.78 is 13.6. The molecule has 1 fully saturated rings. The van der Waals surface area contributed by atoms with Crippen LogP contribution in [0.25, 0.3) is 6.08 Å².